The van der Waals surface area contributed by atoms with E-state index in [4.69, 9.17) is 5.73 Å². The van der Waals surface area contributed by atoms with Gasteiger partial charge in [-0.05, 0) is 43.5 Å². The quantitative estimate of drug-likeness (QED) is 0.945. The van der Waals surface area contributed by atoms with Gasteiger partial charge < -0.3 is 5.73 Å². The first-order valence-electron chi connectivity index (χ1n) is 6.24. The fourth-order valence-electron chi connectivity index (χ4n) is 2.14. The SMILES string of the molecule is Cc1ccc(-n2nc(CN)cc2C2CC2)cc1Br. The lowest BCUT2D eigenvalue weighted by Gasteiger charge is -2.08. The maximum atomic E-state index is 5.70. The Kier molecular flexibility index (Phi) is 2.99. The molecule has 1 saturated carbocycles. The van der Waals surface area contributed by atoms with Gasteiger partial charge in [-0.1, -0.05) is 22.0 Å². The van der Waals surface area contributed by atoms with Gasteiger partial charge in [-0.15, -0.1) is 0 Å². The Morgan fingerprint density at radius 3 is 2.78 bits per heavy atom. The third-order valence-electron chi connectivity index (χ3n) is 3.39. The van der Waals surface area contributed by atoms with E-state index >= 15 is 0 Å². The van der Waals surface area contributed by atoms with Crippen molar-refractivity contribution in [1.29, 1.82) is 0 Å². The number of hydrogen-bond donors (Lipinski definition) is 1. The van der Waals surface area contributed by atoms with Gasteiger partial charge in [0, 0.05) is 22.6 Å². The van der Waals surface area contributed by atoms with E-state index < -0.39 is 0 Å². The molecule has 4 heteroatoms. The molecular weight excluding hydrogens is 290 g/mol. The second kappa shape index (κ2) is 4.52. The standard InChI is InChI=1S/C14H16BrN3/c1-9-2-5-12(7-13(9)15)18-14(10-3-4-10)6-11(8-16)17-18/h2,5-7,10H,3-4,8,16H2,1H3. The maximum absolute atomic E-state index is 5.70. The highest BCUT2D eigenvalue weighted by Crippen LogP contribution is 2.41. The van der Waals surface area contributed by atoms with Gasteiger partial charge in [-0.3, -0.25) is 0 Å². The molecule has 0 spiro atoms. The number of hydrogen-bond acceptors (Lipinski definition) is 2. The second-order valence-electron chi connectivity index (χ2n) is 4.88. The minimum Gasteiger partial charge on any atom is -0.325 e. The van der Waals surface area contributed by atoms with Crippen LogP contribution in [0.5, 0.6) is 0 Å². The van der Waals surface area contributed by atoms with Crippen LogP contribution in [0.2, 0.25) is 0 Å². The second-order valence-corrected chi connectivity index (χ2v) is 5.74. The van der Waals surface area contributed by atoms with Crippen molar-refractivity contribution in [2.24, 2.45) is 5.73 Å². The van der Waals surface area contributed by atoms with Crippen LogP contribution in [-0.4, -0.2) is 9.78 Å². The molecule has 1 aromatic heterocycles. The first-order valence-corrected chi connectivity index (χ1v) is 7.04. The Bertz CT molecular complexity index is 585. The highest BCUT2D eigenvalue weighted by Gasteiger charge is 2.28. The van der Waals surface area contributed by atoms with Crippen LogP contribution in [0.3, 0.4) is 0 Å². The lowest BCUT2D eigenvalue weighted by Crippen LogP contribution is -2.03. The van der Waals surface area contributed by atoms with Crippen molar-refractivity contribution in [1.82, 2.24) is 9.78 Å². The molecule has 1 aliphatic carbocycles. The van der Waals surface area contributed by atoms with Crippen molar-refractivity contribution >= 4 is 15.9 Å². The number of aromatic nitrogens is 2. The molecule has 1 heterocycles. The van der Waals surface area contributed by atoms with E-state index in [9.17, 15) is 0 Å². The van der Waals surface area contributed by atoms with Crippen molar-refractivity contribution in [3.63, 3.8) is 0 Å². The minimum absolute atomic E-state index is 0.500. The van der Waals surface area contributed by atoms with Crippen molar-refractivity contribution in [2.75, 3.05) is 0 Å². The molecule has 0 aliphatic heterocycles. The van der Waals surface area contributed by atoms with Crippen molar-refractivity contribution < 1.29 is 0 Å². The first-order chi connectivity index (χ1) is 8.69. The van der Waals surface area contributed by atoms with Crippen LogP contribution in [0.1, 0.15) is 35.7 Å². The van der Waals surface area contributed by atoms with E-state index in [1.165, 1.54) is 24.1 Å². The Morgan fingerprint density at radius 2 is 2.17 bits per heavy atom. The summed E-state index contributed by atoms with van der Waals surface area (Å²) in [5.41, 5.74) is 10.3. The molecule has 0 unspecified atom stereocenters. The van der Waals surface area contributed by atoms with Gasteiger partial charge in [0.25, 0.3) is 0 Å². The molecule has 0 atom stereocenters. The summed E-state index contributed by atoms with van der Waals surface area (Å²) in [5, 5.41) is 4.60. The summed E-state index contributed by atoms with van der Waals surface area (Å²) in [4.78, 5) is 0. The molecule has 0 bridgehead atoms. The van der Waals surface area contributed by atoms with E-state index in [0.717, 1.165) is 15.9 Å². The summed E-state index contributed by atoms with van der Waals surface area (Å²) in [6, 6.07) is 8.49. The highest BCUT2D eigenvalue weighted by molar-refractivity contribution is 9.10. The zero-order chi connectivity index (χ0) is 12.7. The fourth-order valence-corrected chi connectivity index (χ4v) is 2.50. The summed E-state index contributed by atoms with van der Waals surface area (Å²) in [6.45, 7) is 2.59. The molecule has 2 N–H and O–H groups in total. The summed E-state index contributed by atoms with van der Waals surface area (Å²) in [6.07, 6.45) is 2.53. The molecule has 1 aliphatic rings. The molecule has 1 aromatic carbocycles. The van der Waals surface area contributed by atoms with E-state index in [0.29, 0.717) is 12.5 Å². The molecule has 0 saturated heterocycles. The fraction of sp³-hybridized carbons (Fsp3) is 0.357. The van der Waals surface area contributed by atoms with Crippen LogP contribution in [-0.2, 0) is 6.54 Å². The number of nitrogens with zero attached hydrogens (tertiary/aromatic N) is 2. The Labute approximate surface area is 115 Å². The summed E-state index contributed by atoms with van der Waals surface area (Å²) in [7, 11) is 0. The van der Waals surface area contributed by atoms with Gasteiger partial charge in [0.1, 0.15) is 0 Å². The average molecular weight is 306 g/mol. The predicted octanol–water partition coefficient (Wildman–Crippen LogP) is 3.28. The average Bonchev–Trinajstić information content (AvgIpc) is 3.12. The normalized spacial score (nSPS) is 15.1. The van der Waals surface area contributed by atoms with E-state index in [2.05, 4.69) is 52.2 Å². The van der Waals surface area contributed by atoms with Gasteiger partial charge >= 0.3 is 0 Å². The molecule has 94 valence electrons. The van der Waals surface area contributed by atoms with Crippen molar-refractivity contribution in [3.8, 4) is 5.69 Å². The Morgan fingerprint density at radius 1 is 1.39 bits per heavy atom. The third kappa shape index (κ3) is 2.10. The maximum Gasteiger partial charge on any atom is 0.0767 e. The van der Waals surface area contributed by atoms with Crippen LogP contribution < -0.4 is 5.73 Å². The summed E-state index contributed by atoms with van der Waals surface area (Å²) < 4.78 is 3.16. The van der Waals surface area contributed by atoms with Gasteiger partial charge in [-0.2, -0.15) is 5.10 Å². The molecule has 18 heavy (non-hydrogen) atoms. The van der Waals surface area contributed by atoms with Gasteiger partial charge in [0.2, 0.25) is 0 Å². The van der Waals surface area contributed by atoms with Gasteiger partial charge in [-0.25, -0.2) is 4.68 Å². The Balaban J connectivity index is 2.08. The monoisotopic (exact) mass is 305 g/mol. The molecule has 3 nitrogen and oxygen atoms in total. The smallest absolute Gasteiger partial charge is 0.0767 e. The van der Waals surface area contributed by atoms with Gasteiger partial charge in [0.05, 0.1) is 11.4 Å². The lowest BCUT2D eigenvalue weighted by atomic mass is 10.2. The van der Waals surface area contributed by atoms with E-state index in [1.54, 1.807) is 0 Å². The first kappa shape index (κ1) is 11.9. The number of aryl methyl sites for hydroxylation is 1. The van der Waals surface area contributed by atoms with Crippen LogP contribution >= 0.6 is 15.9 Å². The van der Waals surface area contributed by atoms with Crippen LogP contribution in [0.4, 0.5) is 0 Å². The highest BCUT2D eigenvalue weighted by atomic mass is 79.9. The molecular formula is C14H16BrN3. The lowest BCUT2D eigenvalue weighted by molar-refractivity contribution is 0.785. The third-order valence-corrected chi connectivity index (χ3v) is 4.25. The molecule has 2 aromatic rings. The largest absolute Gasteiger partial charge is 0.325 e. The molecule has 1 fully saturated rings. The summed E-state index contributed by atoms with van der Waals surface area (Å²) in [5.74, 6) is 0.665. The number of benzene rings is 1. The predicted molar refractivity (Wildman–Crippen MR) is 75.9 cm³/mol. The zero-order valence-corrected chi connectivity index (χ0v) is 11.9. The van der Waals surface area contributed by atoms with Gasteiger partial charge in [0.15, 0.2) is 0 Å². The molecule has 0 amide bonds. The number of nitrogens with two attached hydrogens (primary N) is 1. The minimum atomic E-state index is 0.500. The van der Waals surface area contributed by atoms with E-state index in [-0.39, 0.29) is 0 Å². The molecule has 3 rings (SSSR count). The summed E-state index contributed by atoms with van der Waals surface area (Å²) >= 11 is 3.58. The van der Waals surface area contributed by atoms with Crippen LogP contribution in [0.25, 0.3) is 5.69 Å². The van der Waals surface area contributed by atoms with Crippen LogP contribution in [0, 0.1) is 6.92 Å². The molecule has 0 radical (unpaired) electrons. The topological polar surface area (TPSA) is 43.8 Å². The van der Waals surface area contributed by atoms with Crippen molar-refractivity contribution in [3.05, 3.63) is 45.7 Å². The van der Waals surface area contributed by atoms with Crippen LogP contribution in [0.15, 0.2) is 28.7 Å². The van der Waals surface area contributed by atoms with Crippen molar-refractivity contribution in [2.45, 2.75) is 32.2 Å². The number of halogens is 1. The zero-order valence-electron chi connectivity index (χ0n) is 10.4. The van der Waals surface area contributed by atoms with E-state index in [1.807, 2.05) is 4.68 Å². The Hall–Kier alpha value is -1.13. The number of rotatable bonds is 3.